The first kappa shape index (κ1) is 12.4. The molecule has 0 atom stereocenters. The average Bonchev–Trinajstić information content (AvgIpc) is 2.49. The minimum absolute atomic E-state index is 0.744. The number of benzene rings is 1. The molecule has 0 spiro atoms. The van der Waals surface area contributed by atoms with Gasteiger partial charge in [-0.25, -0.2) is 0 Å². The fourth-order valence-corrected chi connectivity index (χ4v) is 2.98. The molecule has 1 aliphatic rings. The van der Waals surface area contributed by atoms with Gasteiger partial charge in [-0.05, 0) is 37.3 Å². The van der Waals surface area contributed by atoms with E-state index in [1.165, 1.54) is 48.8 Å². The molecule has 0 bridgehead atoms. The highest BCUT2D eigenvalue weighted by atomic mass is 14.7. The topological polar surface area (TPSA) is 12.9 Å². The first-order chi connectivity index (χ1) is 9.33. The Hall–Kier alpha value is -1.63. The second-order valence-electron chi connectivity index (χ2n) is 5.68. The third-order valence-corrected chi connectivity index (χ3v) is 4.21. The molecular weight excluding hydrogens is 230 g/mol. The van der Waals surface area contributed by atoms with Gasteiger partial charge in [-0.3, -0.25) is 4.98 Å². The van der Waals surface area contributed by atoms with Crippen molar-refractivity contribution in [1.82, 2.24) is 4.98 Å². The lowest BCUT2D eigenvalue weighted by Gasteiger charge is -2.21. The van der Waals surface area contributed by atoms with Gasteiger partial charge in [0, 0.05) is 11.8 Å². The van der Waals surface area contributed by atoms with E-state index in [4.69, 9.17) is 0 Å². The monoisotopic (exact) mass is 251 g/mol. The maximum atomic E-state index is 4.65. The van der Waals surface area contributed by atoms with Crippen molar-refractivity contribution in [1.29, 1.82) is 0 Å². The van der Waals surface area contributed by atoms with Gasteiger partial charge in [0.05, 0.1) is 5.69 Å². The Labute approximate surface area is 115 Å². The number of hydrogen-bond donors (Lipinski definition) is 0. The minimum atomic E-state index is 0.744. The average molecular weight is 251 g/mol. The Morgan fingerprint density at radius 1 is 0.895 bits per heavy atom. The highest BCUT2D eigenvalue weighted by molar-refractivity contribution is 5.59. The Morgan fingerprint density at radius 3 is 2.26 bits per heavy atom. The summed E-state index contributed by atoms with van der Waals surface area (Å²) in [6, 6.07) is 13.0. The van der Waals surface area contributed by atoms with Gasteiger partial charge in [-0.1, -0.05) is 55.2 Å². The number of aryl methyl sites for hydroxylation is 1. The summed E-state index contributed by atoms with van der Waals surface area (Å²) >= 11 is 0. The molecule has 1 saturated carbocycles. The molecule has 1 fully saturated rings. The Morgan fingerprint density at radius 2 is 1.63 bits per heavy atom. The van der Waals surface area contributed by atoms with E-state index >= 15 is 0 Å². The number of aromatic nitrogens is 1. The third-order valence-electron chi connectivity index (χ3n) is 4.21. The van der Waals surface area contributed by atoms with Crippen LogP contribution in [0.3, 0.4) is 0 Å². The summed E-state index contributed by atoms with van der Waals surface area (Å²) in [5.41, 5.74) is 5.01. The normalized spacial score (nSPS) is 16.5. The van der Waals surface area contributed by atoms with Crippen LogP contribution in [-0.2, 0) is 0 Å². The van der Waals surface area contributed by atoms with Crippen LogP contribution in [-0.4, -0.2) is 4.98 Å². The van der Waals surface area contributed by atoms with Gasteiger partial charge in [0.15, 0.2) is 0 Å². The lowest BCUT2D eigenvalue weighted by molar-refractivity contribution is 0.443. The van der Waals surface area contributed by atoms with Gasteiger partial charge in [0.2, 0.25) is 0 Å². The molecule has 0 N–H and O–H groups in total. The minimum Gasteiger partial charge on any atom is -0.256 e. The Balaban J connectivity index is 1.80. The van der Waals surface area contributed by atoms with Gasteiger partial charge >= 0.3 is 0 Å². The fraction of sp³-hybridized carbons (Fsp3) is 0.389. The SMILES string of the molecule is Cc1ccc(-c2ccc(C3CCCCC3)cn2)cc1. The summed E-state index contributed by atoms with van der Waals surface area (Å²) in [5, 5.41) is 0. The van der Waals surface area contributed by atoms with Crippen molar-refractivity contribution in [2.24, 2.45) is 0 Å². The maximum Gasteiger partial charge on any atom is 0.0702 e. The molecule has 98 valence electrons. The van der Waals surface area contributed by atoms with E-state index < -0.39 is 0 Å². The molecule has 2 aromatic rings. The highest BCUT2D eigenvalue weighted by Crippen LogP contribution is 2.32. The number of nitrogens with zero attached hydrogens (tertiary/aromatic N) is 1. The summed E-state index contributed by atoms with van der Waals surface area (Å²) < 4.78 is 0. The van der Waals surface area contributed by atoms with Crippen molar-refractivity contribution in [3.8, 4) is 11.3 Å². The van der Waals surface area contributed by atoms with Crippen molar-refractivity contribution >= 4 is 0 Å². The number of rotatable bonds is 2. The molecule has 0 saturated heterocycles. The zero-order valence-corrected chi connectivity index (χ0v) is 11.6. The van der Waals surface area contributed by atoms with Crippen LogP contribution in [0.5, 0.6) is 0 Å². The van der Waals surface area contributed by atoms with Gasteiger partial charge in [-0.2, -0.15) is 0 Å². The van der Waals surface area contributed by atoms with Crippen molar-refractivity contribution in [3.05, 3.63) is 53.7 Å². The predicted molar refractivity (Wildman–Crippen MR) is 80.2 cm³/mol. The molecule has 1 aromatic heterocycles. The number of hydrogen-bond acceptors (Lipinski definition) is 1. The first-order valence-electron chi connectivity index (χ1n) is 7.36. The summed E-state index contributed by atoms with van der Waals surface area (Å²) in [6.07, 6.45) is 8.93. The molecule has 0 radical (unpaired) electrons. The lowest BCUT2D eigenvalue weighted by Crippen LogP contribution is -2.04. The van der Waals surface area contributed by atoms with Crippen molar-refractivity contribution in [2.45, 2.75) is 44.9 Å². The van der Waals surface area contributed by atoms with E-state index in [-0.39, 0.29) is 0 Å². The number of pyridine rings is 1. The van der Waals surface area contributed by atoms with Crippen molar-refractivity contribution in [3.63, 3.8) is 0 Å². The van der Waals surface area contributed by atoms with E-state index in [0.29, 0.717) is 0 Å². The Kier molecular flexibility index (Phi) is 3.63. The molecule has 1 aliphatic carbocycles. The predicted octanol–water partition coefficient (Wildman–Crippen LogP) is 5.10. The van der Waals surface area contributed by atoms with Gasteiger partial charge in [0.25, 0.3) is 0 Å². The Bertz CT molecular complexity index is 519. The van der Waals surface area contributed by atoms with Crippen molar-refractivity contribution < 1.29 is 0 Å². The molecule has 0 unspecified atom stereocenters. The van der Waals surface area contributed by atoms with Gasteiger partial charge in [-0.15, -0.1) is 0 Å². The van der Waals surface area contributed by atoms with Crippen LogP contribution < -0.4 is 0 Å². The van der Waals surface area contributed by atoms with Crippen LogP contribution in [0.1, 0.15) is 49.1 Å². The molecule has 1 nitrogen and oxygen atoms in total. The molecule has 1 heterocycles. The van der Waals surface area contributed by atoms with Crippen molar-refractivity contribution in [2.75, 3.05) is 0 Å². The standard InChI is InChI=1S/C18H21N/c1-14-7-9-16(10-8-14)18-12-11-17(13-19-18)15-5-3-2-4-6-15/h7-13,15H,2-6H2,1H3. The van der Waals surface area contributed by atoms with Crippen LogP contribution in [0.4, 0.5) is 0 Å². The quantitative estimate of drug-likeness (QED) is 0.723. The third kappa shape index (κ3) is 2.86. The molecule has 0 aliphatic heterocycles. The van der Waals surface area contributed by atoms with E-state index in [9.17, 15) is 0 Å². The second-order valence-corrected chi connectivity index (χ2v) is 5.68. The van der Waals surface area contributed by atoms with Crippen LogP contribution in [0.15, 0.2) is 42.6 Å². The van der Waals surface area contributed by atoms with Gasteiger partial charge < -0.3 is 0 Å². The summed E-state index contributed by atoms with van der Waals surface area (Å²) in [6.45, 7) is 2.11. The zero-order valence-electron chi connectivity index (χ0n) is 11.6. The first-order valence-corrected chi connectivity index (χ1v) is 7.36. The molecule has 3 rings (SSSR count). The summed E-state index contributed by atoms with van der Waals surface area (Å²) in [7, 11) is 0. The lowest BCUT2D eigenvalue weighted by atomic mass is 9.85. The van der Waals surface area contributed by atoms with E-state index in [1.807, 2.05) is 0 Å². The van der Waals surface area contributed by atoms with E-state index in [1.54, 1.807) is 0 Å². The fourth-order valence-electron chi connectivity index (χ4n) is 2.98. The van der Waals surface area contributed by atoms with Crippen LogP contribution in [0.2, 0.25) is 0 Å². The summed E-state index contributed by atoms with van der Waals surface area (Å²) in [5.74, 6) is 0.744. The van der Waals surface area contributed by atoms with Crippen LogP contribution in [0.25, 0.3) is 11.3 Å². The van der Waals surface area contributed by atoms with Crippen LogP contribution >= 0.6 is 0 Å². The molecule has 1 aromatic carbocycles. The molecular formula is C18H21N. The zero-order chi connectivity index (χ0) is 13.1. The molecule has 1 heteroatoms. The summed E-state index contributed by atoms with van der Waals surface area (Å²) in [4.78, 5) is 4.65. The molecule has 0 amide bonds. The molecule has 19 heavy (non-hydrogen) atoms. The highest BCUT2D eigenvalue weighted by Gasteiger charge is 2.15. The maximum absolute atomic E-state index is 4.65. The largest absolute Gasteiger partial charge is 0.256 e. The second kappa shape index (κ2) is 5.56. The van der Waals surface area contributed by atoms with E-state index in [0.717, 1.165) is 11.6 Å². The van der Waals surface area contributed by atoms with Gasteiger partial charge in [0.1, 0.15) is 0 Å². The smallest absolute Gasteiger partial charge is 0.0702 e. The van der Waals surface area contributed by atoms with Crippen LogP contribution in [0, 0.1) is 6.92 Å². The van der Waals surface area contributed by atoms with E-state index in [2.05, 4.69) is 54.5 Å².